The standard InChI is InChI=1S/C18H18N6O2S/c1-23-9-10-6-11(14(25)8-13(10)22-23)16-20-17(26)12-7-15(27-18(12)21-16)24-4-2-19-3-5-24/h6-9,19,25H,2-5H2,1H3,(H,20,21,26). The molecule has 3 aromatic heterocycles. The number of thiophene rings is 1. The van der Waals surface area contributed by atoms with Crippen LogP contribution in [0.15, 0.2) is 29.2 Å². The van der Waals surface area contributed by atoms with Gasteiger partial charge < -0.3 is 20.3 Å². The third-order valence-electron chi connectivity index (χ3n) is 4.81. The molecule has 138 valence electrons. The minimum Gasteiger partial charge on any atom is -0.507 e. The Hall–Kier alpha value is -2.91. The number of anilines is 1. The zero-order valence-corrected chi connectivity index (χ0v) is 15.5. The minimum atomic E-state index is -0.196. The molecule has 8 nitrogen and oxygen atoms in total. The van der Waals surface area contributed by atoms with Gasteiger partial charge in [-0.1, -0.05) is 11.3 Å². The van der Waals surface area contributed by atoms with Crippen LogP contribution < -0.4 is 15.8 Å². The Labute approximate surface area is 158 Å². The van der Waals surface area contributed by atoms with Crippen LogP contribution in [-0.2, 0) is 7.05 Å². The molecular weight excluding hydrogens is 364 g/mol. The summed E-state index contributed by atoms with van der Waals surface area (Å²) < 4.78 is 1.69. The predicted molar refractivity (Wildman–Crippen MR) is 107 cm³/mol. The molecule has 0 atom stereocenters. The van der Waals surface area contributed by atoms with Gasteiger partial charge in [0.05, 0.1) is 21.5 Å². The van der Waals surface area contributed by atoms with Gasteiger partial charge in [0.25, 0.3) is 5.56 Å². The molecule has 27 heavy (non-hydrogen) atoms. The van der Waals surface area contributed by atoms with Gasteiger partial charge in [0.1, 0.15) is 16.4 Å². The molecule has 5 rings (SSSR count). The summed E-state index contributed by atoms with van der Waals surface area (Å²) in [7, 11) is 1.83. The summed E-state index contributed by atoms with van der Waals surface area (Å²) in [5.74, 6) is 0.409. The maximum atomic E-state index is 12.6. The highest BCUT2D eigenvalue weighted by Gasteiger charge is 2.18. The number of phenols is 1. The number of hydrogen-bond acceptors (Lipinski definition) is 7. The maximum Gasteiger partial charge on any atom is 0.259 e. The minimum absolute atomic E-state index is 0.0441. The highest BCUT2D eigenvalue weighted by molar-refractivity contribution is 7.22. The number of H-pyrrole nitrogens is 1. The van der Waals surface area contributed by atoms with Crippen LogP contribution in [0.2, 0.25) is 0 Å². The van der Waals surface area contributed by atoms with Crippen molar-refractivity contribution in [3.8, 4) is 17.1 Å². The first-order valence-corrected chi connectivity index (χ1v) is 9.56. The van der Waals surface area contributed by atoms with Crippen molar-refractivity contribution >= 4 is 37.5 Å². The van der Waals surface area contributed by atoms with Gasteiger partial charge in [0.15, 0.2) is 0 Å². The summed E-state index contributed by atoms with van der Waals surface area (Å²) in [5.41, 5.74) is 0.990. The molecule has 0 unspecified atom stereocenters. The van der Waals surface area contributed by atoms with Crippen molar-refractivity contribution in [2.45, 2.75) is 0 Å². The number of aryl methyl sites for hydroxylation is 1. The van der Waals surface area contributed by atoms with E-state index in [4.69, 9.17) is 0 Å². The Morgan fingerprint density at radius 1 is 1.22 bits per heavy atom. The number of benzene rings is 1. The fourth-order valence-electron chi connectivity index (χ4n) is 3.46. The summed E-state index contributed by atoms with van der Waals surface area (Å²) in [4.78, 5) is 23.0. The number of phenolic OH excluding ortho intramolecular Hbond substituents is 1. The summed E-state index contributed by atoms with van der Waals surface area (Å²) in [6.45, 7) is 3.69. The van der Waals surface area contributed by atoms with E-state index in [1.807, 2.05) is 19.3 Å². The van der Waals surface area contributed by atoms with E-state index >= 15 is 0 Å². The van der Waals surface area contributed by atoms with Crippen LogP contribution in [0, 0.1) is 0 Å². The number of aromatic amines is 1. The number of hydrogen-bond donors (Lipinski definition) is 3. The number of aromatic hydroxyl groups is 1. The molecule has 0 radical (unpaired) electrons. The van der Waals surface area contributed by atoms with Gasteiger partial charge in [-0.3, -0.25) is 9.48 Å². The van der Waals surface area contributed by atoms with Crippen LogP contribution in [-0.4, -0.2) is 51.0 Å². The Balaban J connectivity index is 1.63. The Morgan fingerprint density at radius 2 is 2.04 bits per heavy atom. The van der Waals surface area contributed by atoms with E-state index in [0.717, 1.165) is 36.6 Å². The van der Waals surface area contributed by atoms with Crippen molar-refractivity contribution in [1.82, 2.24) is 25.1 Å². The van der Waals surface area contributed by atoms with Crippen molar-refractivity contribution in [3.05, 3.63) is 34.7 Å². The lowest BCUT2D eigenvalue weighted by molar-refractivity contribution is 0.477. The van der Waals surface area contributed by atoms with Crippen molar-refractivity contribution in [1.29, 1.82) is 0 Å². The molecule has 1 aromatic carbocycles. The number of aromatic nitrogens is 4. The average Bonchev–Trinajstić information content (AvgIpc) is 3.24. The molecule has 0 saturated carbocycles. The quantitative estimate of drug-likeness (QED) is 0.488. The molecule has 4 aromatic rings. The van der Waals surface area contributed by atoms with E-state index in [1.54, 1.807) is 16.8 Å². The number of rotatable bonds is 2. The van der Waals surface area contributed by atoms with Gasteiger partial charge in [0, 0.05) is 50.9 Å². The SMILES string of the molecule is Cn1cc2cc(-c3nc4sc(N5CCNCC5)cc4c(=O)[nH]3)c(O)cc2n1. The van der Waals surface area contributed by atoms with Gasteiger partial charge in [0.2, 0.25) is 0 Å². The van der Waals surface area contributed by atoms with Gasteiger partial charge in [-0.15, -0.1) is 0 Å². The average molecular weight is 382 g/mol. The topological polar surface area (TPSA) is 99.1 Å². The molecule has 3 N–H and O–H groups in total. The van der Waals surface area contributed by atoms with E-state index in [2.05, 4.69) is 25.3 Å². The van der Waals surface area contributed by atoms with E-state index < -0.39 is 0 Å². The first-order valence-electron chi connectivity index (χ1n) is 8.75. The lowest BCUT2D eigenvalue weighted by Crippen LogP contribution is -2.43. The molecule has 1 aliphatic rings. The zero-order valence-electron chi connectivity index (χ0n) is 14.7. The van der Waals surface area contributed by atoms with Crippen molar-refractivity contribution in [3.63, 3.8) is 0 Å². The predicted octanol–water partition coefficient (Wildman–Crippen LogP) is 1.65. The first-order chi connectivity index (χ1) is 13.1. The smallest absolute Gasteiger partial charge is 0.259 e. The number of piperazine rings is 1. The van der Waals surface area contributed by atoms with Crippen molar-refractivity contribution in [2.75, 3.05) is 31.1 Å². The maximum absolute atomic E-state index is 12.6. The number of fused-ring (bicyclic) bond motifs is 2. The summed E-state index contributed by atoms with van der Waals surface area (Å²) in [6.07, 6.45) is 1.86. The molecule has 1 saturated heterocycles. The Kier molecular flexibility index (Phi) is 3.66. The molecule has 9 heteroatoms. The van der Waals surface area contributed by atoms with Crippen LogP contribution in [0.1, 0.15) is 0 Å². The van der Waals surface area contributed by atoms with E-state index in [9.17, 15) is 9.90 Å². The van der Waals surface area contributed by atoms with Crippen LogP contribution >= 0.6 is 11.3 Å². The number of nitrogens with zero attached hydrogens (tertiary/aromatic N) is 4. The zero-order chi connectivity index (χ0) is 18.5. The Morgan fingerprint density at radius 3 is 2.85 bits per heavy atom. The second kappa shape index (κ2) is 6.07. The summed E-state index contributed by atoms with van der Waals surface area (Å²) in [5, 5.41) is 20.5. The van der Waals surface area contributed by atoms with Gasteiger partial charge in [-0.25, -0.2) is 4.98 Å². The van der Waals surface area contributed by atoms with E-state index in [1.165, 1.54) is 11.3 Å². The lowest BCUT2D eigenvalue weighted by Gasteiger charge is -2.27. The molecule has 1 fully saturated rings. The normalized spacial score (nSPS) is 15.1. The van der Waals surface area contributed by atoms with Gasteiger partial charge >= 0.3 is 0 Å². The lowest BCUT2D eigenvalue weighted by atomic mass is 10.1. The van der Waals surface area contributed by atoms with Crippen LogP contribution in [0.5, 0.6) is 5.75 Å². The fourth-order valence-corrected chi connectivity index (χ4v) is 4.55. The fraction of sp³-hybridized carbons (Fsp3) is 0.278. The molecule has 0 bridgehead atoms. The van der Waals surface area contributed by atoms with Crippen LogP contribution in [0.4, 0.5) is 5.00 Å². The second-order valence-corrected chi connectivity index (χ2v) is 7.70. The summed E-state index contributed by atoms with van der Waals surface area (Å²) in [6, 6.07) is 5.30. The highest BCUT2D eigenvalue weighted by Crippen LogP contribution is 2.34. The van der Waals surface area contributed by atoms with Crippen molar-refractivity contribution in [2.24, 2.45) is 7.05 Å². The number of nitrogens with one attached hydrogen (secondary N) is 2. The monoisotopic (exact) mass is 382 g/mol. The second-order valence-electron chi connectivity index (χ2n) is 6.69. The van der Waals surface area contributed by atoms with Gasteiger partial charge in [-0.2, -0.15) is 5.10 Å². The van der Waals surface area contributed by atoms with Crippen molar-refractivity contribution < 1.29 is 5.11 Å². The molecule has 0 spiro atoms. The van der Waals surface area contributed by atoms with E-state index in [-0.39, 0.29) is 11.3 Å². The molecular formula is C18H18N6O2S. The van der Waals surface area contributed by atoms with Crippen LogP contribution in [0.3, 0.4) is 0 Å². The molecule has 0 aliphatic carbocycles. The molecule has 0 amide bonds. The van der Waals surface area contributed by atoms with Crippen LogP contribution in [0.25, 0.3) is 32.5 Å². The Bertz CT molecular complexity index is 1220. The highest BCUT2D eigenvalue weighted by atomic mass is 32.1. The first kappa shape index (κ1) is 16.3. The largest absolute Gasteiger partial charge is 0.507 e. The molecule has 1 aliphatic heterocycles. The third kappa shape index (κ3) is 2.75. The van der Waals surface area contributed by atoms with Gasteiger partial charge in [-0.05, 0) is 12.1 Å². The third-order valence-corrected chi connectivity index (χ3v) is 5.90. The molecule has 4 heterocycles. The summed E-state index contributed by atoms with van der Waals surface area (Å²) >= 11 is 1.51. The van der Waals surface area contributed by atoms with E-state index in [0.29, 0.717) is 27.1 Å².